The van der Waals surface area contributed by atoms with Gasteiger partial charge in [-0.25, -0.2) is 0 Å². The van der Waals surface area contributed by atoms with Crippen molar-refractivity contribution in [2.45, 2.75) is 26.4 Å². The summed E-state index contributed by atoms with van der Waals surface area (Å²) in [6, 6.07) is 1.74. The van der Waals surface area contributed by atoms with Gasteiger partial charge in [0.05, 0.1) is 24.0 Å². The number of hydrogen-bond donors (Lipinski definition) is 1. The highest BCUT2D eigenvalue weighted by Crippen LogP contribution is 2.16. The third-order valence-electron chi connectivity index (χ3n) is 1.93. The number of nitrogens with zero attached hydrogens (tertiary/aromatic N) is 1. The summed E-state index contributed by atoms with van der Waals surface area (Å²) in [5, 5.41) is 0. The number of pyridine rings is 1. The van der Waals surface area contributed by atoms with Gasteiger partial charge in [-0.3, -0.25) is 4.98 Å². The minimum Gasteiger partial charge on any atom is -0.489 e. The summed E-state index contributed by atoms with van der Waals surface area (Å²) >= 11 is 4.93. The molecular formula is C12H18N2O2S. The molecule has 0 aliphatic rings. The monoisotopic (exact) mass is 254 g/mol. The molecule has 0 atom stereocenters. The maximum Gasteiger partial charge on any atom is 0.147 e. The highest BCUT2D eigenvalue weighted by Gasteiger charge is 2.10. The fraction of sp³-hybridized carbons (Fsp3) is 0.500. The second-order valence-electron chi connectivity index (χ2n) is 4.55. The van der Waals surface area contributed by atoms with E-state index in [1.54, 1.807) is 18.5 Å². The molecule has 0 spiro atoms. The molecule has 0 fully saturated rings. The third kappa shape index (κ3) is 5.10. The van der Waals surface area contributed by atoms with Gasteiger partial charge in [-0.2, -0.15) is 0 Å². The highest BCUT2D eigenvalue weighted by molar-refractivity contribution is 7.80. The van der Waals surface area contributed by atoms with Crippen LogP contribution in [-0.2, 0) is 4.74 Å². The standard InChI is InChI=1S/C12H18N2O2S/c1-12(2,3)16-7-6-15-10-8-14-5-4-9(10)11(13)17/h4-5,8H,6-7H2,1-3H3,(H2,13,17). The molecule has 1 rings (SSSR count). The fourth-order valence-electron chi connectivity index (χ4n) is 1.20. The average molecular weight is 254 g/mol. The molecule has 1 heterocycles. The summed E-state index contributed by atoms with van der Waals surface area (Å²) in [6.45, 7) is 6.94. The zero-order valence-electron chi connectivity index (χ0n) is 10.4. The maximum atomic E-state index is 5.58. The highest BCUT2D eigenvalue weighted by atomic mass is 32.1. The van der Waals surface area contributed by atoms with Gasteiger partial charge in [0.15, 0.2) is 0 Å². The minimum absolute atomic E-state index is 0.162. The Kier molecular flexibility index (Phi) is 4.84. The molecule has 0 amide bonds. The molecule has 94 valence electrons. The Morgan fingerprint density at radius 1 is 1.41 bits per heavy atom. The van der Waals surface area contributed by atoms with E-state index in [1.807, 2.05) is 20.8 Å². The van der Waals surface area contributed by atoms with Crippen molar-refractivity contribution in [1.82, 2.24) is 4.98 Å². The molecule has 5 heteroatoms. The largest absolute Gasteiger partial charge is 0.489 e. The molecule has 0 saturated carbocycles. The molecule has 0 aliphatic heterocycles. The average Bonchev–Trinajstić information content (AvgIpc) is 2.23. The molecule has 4 nitrogen and oxygen atoms in total. The Morgan fingerprint density at radius 3 is 2.71 bits per heavy atom. The van der Waals surface area contributed by atoms with E-state index in [0.29, 0.717) is 29.5 Å². The van der Waals surface area contributed by atoms with Crippen LogP contribution in [-0.4, -0.2) is 28.8 Å². The van der Waals surface area contributed by atoms with Gasteiger partial charge in [-0.05, 0) is 26.8 Å². The first-order chi connectivity index (χ1) is 7.90. The van der Waals surface area contributed by atoms with Gasteiger partial charge in [0.1, 0.15) is 17.3 Å². The molecule has 0 aliphatic carbocycles. The predicted octanol–water partition coefficient (Wildman–Crippen LogP) is 1.91. The normalized spacial score (nSPS) is 11.2. The van der Waals surface area contributed by atoms with Crippen molar-refractivity contribution in [2.24, 2.45) is 5.73 Å². The zero-order valence-corrected chi connectivity index (χ0v) is 11.2. The van der Waals surface area contributed by atoms with Crippen LogP contribution in [0.4, 0.5) is 0 Å². The van der Waals surface area contributed by atoms with E-state index in [4.69, 9.17) is 27.4 Å². The Bertz CT molecular complexity index is 388. The fourth-order valence-corrected chi connectivity index (χ4v) is 1.37. The Morgan fingerprint density at radius 2 is 2.12 bits per heavy atom. The molecule has 2 N–H and O–H groups in total. The van der Waals surface area contributed by atoms with Crippen molar-refractivity contribution in [3.8, 4) is 5.75 Å². The first-order valence-electron chi connectivity index (χ1n) is 5.41. The Labute approximate surface area is 107 Å². The Balaban J connectivity index is 2.49. The van der Waals surface area contributed by atoms with Gasteiger partial charge in [0.2, 0.25) is 0 Å². The van der Waals surface area contributed by atoms with Crippen LogP contribution in [0, 0.1) is 0 Å². The van der Waals surface area contributed by atoms with E-state index in [1.165, 1.54) is 0 Å². The van der Waals surface area contributed by atoms with E-state index in [0.717, 1.165) is 0 Å². The number of ether oxygens (including phenoxy) is 2. The minimum atomic E-state index is -0.162. The van der Waals surface area contributed by atoms with Gasteiger partial charge in [0, 0.05) is 6.20 Å². The van der Waals surface area contributed by atoms with Crippen LogP contribution in [0.3, 0.4) is 0 Å². The van der Waals surface area contributed by atoms with Crippen molar-refractivity contribution in [1.29, 1.82) is 0 Å². The zero-order chi connectivity index (χ0) is 12.9. The lowest BCUT2D eigenvalue weighted by atomic mass is 10.2. The number of hydrogen-bond acceptors (Lipinski definition) is 4. The van der Waals surface area contributed by atoms with Gasteiger partial charge >= 0.3 is 0 Å². The first-order valence-corrected chi connectivity index (χ1v) is 5.81. The van der Waals surface area contributed by atoms with Crippen molar-refractivity contribution in [2.75, 3.05) is 13.2 Å². The number of aromatic nitrogens is 1. The van der Waals surface area contributed by atoms with Crippen LogP contribution in [0.15, 0.2) is 18.5 Å². The van der Waals surface area contributed by atoms with Crippen molar-refractivity contribution >= 4 is 17.2 Å². The molecule has 0 saturated heterocycles. The summed E-state index contributed by atoms with van der Waals surface area (Å²) in [4.78, 5) is 4.28. The van der Waals surface area contributed by atoms with Gasteiger partial charge < -0.3 is 15.2 Å². The van der Waals surface area contributed by atoms with Crippen LogP contribution in [0.5, 0.6) is 5.75 Å². The van der Waals surface area contributed by atoms with Gasteiger partial charge in [-0.1, -0.05) is 12.2 Å². The molecule has 1 aromatic rings. The van der Waals surface area contributed by atoms with E-state index < -0.39 is 0 Å². The predicted molar refractivity (Wildman–Crippen MR) is 71.3 cm³/mol. The molecule has 0 unspecified atom stereocenters. The molecule has 0 radical (unpaired) electrons. The van der Waals surface area contributed by atoms with Crippen molar-refractivity contribution in [3.63, 3.8) is 0 Å². The van der Waals surface area contributed by atoms with Gasteiger partial charge in [-0.15, -0.1) is 0 Å². The van der Waals surface area contributed by atoms with E-state index in [-0.39, 0.29) is 5.60 Å². The molecule has 17 heavy (non-hydrogen) atoms. The van der Waals surface area contributed by atoms with Crippen molar-refractivity contribution in [3.05, 3.63) is 24.0 Å². The Hall–Kier alpha value is -1.20. The van der Waals surface area contributed by atoms with E-state index >= 15 is 0 Å². The molecule has 1 aromatic heterocycles. The molecular weight excluding hydrogens is 236 g/mol. The van der Waals surface area contributed by atoms with E-state index in [9.17, 15) is 0 Å². The number of rotatable bonds is 5. The van der Waals surface area contributed by atoms with Crippen LogP contribution in [0.2, 0.25) is 0 Å². The molecule has 0 aromatic carbocycles. The lowest BCUT2D eigenvalue weighted by Gasteiger charge is -2.19. The quantitative estimate of drug-likeness (QED) is 0.642. The maximum absolute atomic E-state index is 5.58. The summed E-state index contributed by atoms with van der Waals surface area (Å²) in [7, 11) is 0. The topological polar surface area (TPSA) is 57.4 Å². The SMILES string of the molecule is CC(C)(C)OCCOc1cnccc1C(N)=S. The lowest BCUT2D eigenvalue weighted by molar-refractivity contribution is -0.0163. The summed E-state index contributed by atoms with van der Waals surface area (Å²) in [6.07, 6.45) is 3.23. The van der Waals surface area contributed by atoms with Crippen LogP contribution in [0.25, 0.3) is 0 Å². The van der Waals surface area contributed by atoms with Crippen LogP contribution < -0.4 is 10.5 Å². The number of thiocarbonyl (C=S) groups is 1. The third-order valence-corrected chi connectivity index (χ3v) is 2.15. The van der Waals surface area contributed by atoms with Crippen LogP contribution >= 0.6 is 12.2 Å². The lowest BCUT2D eigenvalue weighted by Crippen LogP contribution is -2.23. The molecule has 0 bridgehead atoms. The summed E-state index contributed by atoms with van der Waals surface area (Å²) < 4.78 is 11.1. The summed E-state index contributed by atoms with van der Waals surface area (Å²) in [5.41, 5.74) is 6.12. The first kappa shape index (κ1) is 13.9. The second kappa shape index (κ2) is 5.93. The summed E-state index contributed by atoms with van der Waals surface area (Å²) in [5.74, 6) is 0.595. The second-order valence-corrected chi connectivity index (χ2v) is 4.99. The van der Waals surface area contributed by atoms with Gasteiger partial charge in [0.25, 0.3) is 0 Å². The smallest absolute Gasteiger partial charge is 0.147 e. The number of nitrogens with two attached hydrogens (primary N) is 1. The van der Waals surface area contributed by atoms with Crippen molar-refractivity contribution < 1.29 is 9.47 Å². The van der Waals surface area contributed by atoms with Crippen LogP contribution in [0.1, 0.15) is 26.3 Å². The van der Waals surface area contributed by atoms with E-state index in [2.05, 4.69) is 4.98 Å².